The van der Waals surface area contributed by atoms with E-state index in [0.29, 0.717) is 22.7 Å². The SMILES string of the molecule is COC(=O)c1ccc(CNC(=O)[C@H](CCC(=O)Nc2ccc(Oc3ccccc3)cc2)NC(=O)OC(C)(C)C)cc1. The Labute approximate surface area is 239 Å². The molecule has 0 radical (unpaired) electrons. The van der Waals surface area contributed by atoms with Gasteiger partial charge in [0.25, 0.3) is 0 Å². The maximum atomic E-state index is 13.0. The van der Waals surface area contributed by atoms with Gasteiger partial charge in [-0.05, 0) is 81.3 Å². The highest BCUT2D eigenvalue weighted by atomic mass is 16.6. The predicted octanol–water partition coefficient (Wildman–Crippen LogP) is 5.19. The highest BCUT2D eigenvalue weighted by Crippen LogP contribution is 2.22. The molecule has 0 fully saturated rings. The number of anilines is 1. The number of alkyl carbamates (subject to hydrolysis) is 1. The van der Waals surface area contributed by atoms with Crippen LogP contribution in [-0.4, -0.2) is 42.6 Å². The number of para-hydroxylation sites is 1. The lowest BCUT2D eigenvalue weighted by molar-refractivity contribution is -0.123. The fourth-order valence-electron chi connectivity index (χ4n) is 3.64. The molecule has 1 atom stereocenters. The molecule has 3 amide bonds. The number of esters is 1. The van der Waals surface area contributed by atoms with Crippen molar-refractivity contribution in [2.75, 3.05) is 12.4 Å². The number of rotatable bonds is 11. The van der Waals surface area contributed by atoms with E-state index in [1.807, 2.05) is 30.3 Å². The Kier molecular flexibility index (Phi) is 10.9. The number of benzene rings is 3. The summed E-state index contributed by atoms with van der Waals surface area (Å²) in [6.07, 6.45) is -0.772. The highest BCUT2D eigenvalue weighted by molar-refractivity contribution is 5.92. The van der Waals surface area contributed by atoms with Gasteiger partial charge in [0.15, 0.2) is 0 Å². The van der Waals surface area contributed by atoms with Gasteiger partial charge in [-0.15, -0.1) is 0 Å². The van der Waals surface area contributed by atoms with Crippen LogP contribution in [0.15, 0.2) is 78.9 Å². The van der Waals surface area contributed by atoms with Crippen LogP contribution in [-0.2, 0) is 25.6 Å². The van der Waals surface area contributed by atoms with E-state index >= 15 is 0 Å². The molecule has 3 N–H and O–H groups in total. The van der Waals surface area contributed by atoms with Crippen LogP contribution in [0.5, 0.6) is 11.5 Å². The summed E-state index contributed by atoms with van der Waals surface area (Å²) in [4.78, 5) is 49.7. The van der Waals surface area contributed by atoms with E-state index < -0.39 is 29.6 Å². The Morgan fingerprint density at radius 1 is 0.829 bits per heavy atom. The molecule has 0 unspecified atom stereocenters. The molecule has 41 heavy (non-hydrogen) atoms. The standard InChI is InChI=1S/C31H35N3O7/c1-31(2,3)41-30(38)34-26(28(36)32-20-21-10-12-22(13-11-21)29(37)39-4)18-19-27(35)33-23-14-16-25(17-15-23)40-24-8-6-5-7-9-24/h5-17,26H,18-20H2,1-4H3,(H,32,36)(H,33,35)(H,34,38)/t26-/m0/s1. The molecule has 0 aromatic heterocycles. The van der Waals surface area contributed by atoms with Crippen LogP contribution < -0.4 is 20.7 Å². The lowest BCUT2D eigenvalue weighted by atomic mass is 10.1. The fourth-order valence-corrected chi connectivity index (χ4v) is 3.64. The summed E-state index contributed by atoms with van der Waals surface area (Å²) in [6.45, 7) is 5.28. The van der Waals surface area contributed by atoms with Gasteiger partial charge in [0.05, 0.1) is 12.7 Å². The minimum absolute atomic E-state index is 0.0351. The van der Waals surface area contributed by atoms with Crippen LogP contribution in [0, 0.1) is 0 Å². The molecule has 0 aliphatic carbocycles. The Bertz CT molecular complexity index is 1320. The zero-order chi connectivity index (χ0) is 29.8. The minimum Gasteiger partial charge on any atom is -0.465 e. The van der Waals surface area contributed by atoms with E-state index in [-0.39, 0.29) is 25.3 Å². The number of nitrogens with one attached hydrogen (secondary N) is 3. The Hall–Kier alpha value is -4.86. The normalized spacial score (nSPS) is 11.5. The van der Waals surface area contributed by atoms with Crippen LogP contribution in [0.1, 0.15) is 49.5 Å². The molecular formula is C31H35N3O7. The van der Waals surface area contributed by atoms with Crippen molar-refractivity contribution in [2.45, 2.75) is 51.8 Å². The first-order valence-electron chi connectivity index (χ1n) is 13.1. The Morgan fingerprint density at radius 2 is 1.46 bits per heavy atom. The number of carbonyl (C=O) groups is 4. The number of hydrogen-bond acceptors (Lipinski definition) is 7. The maximum Gasteiger partial charge on any atom is 0.408 e. The molecule has 0 heterocycles. The third-order valence-electron chi connectivity index (χ3n) is 5.63. The first-order chi connectivity index (χ1) is 19.5. The third-order valence-corrected chi connectivity index (χ3v) is 5.63. The van der Waals surface area contributed by atoms with E-state index in [4.69, 9.17) is 9.47 Å². The van der Waals surface area contributed by atoms with Gasteiger partial charge >= 0.3 is 12.1 Å². The molecule has 3 aromatic carbocycles. The predicted molar refractivity (Wildman–Crippen MR) is 154 cm³/mol. The second kappa shape index (κ2) is 14.5. The van der Waals surface area contributed by atoms with Crippen molar-refractivity contribution in [3.05, 3.63) is 90.0 Å². The van der Waals surface area contributed by atoms with Gasteiger partial charge in [0.2, 0.25) is 11.8 Å². The molecule has 10 nitrogen and oxygen atoms in total. The average Bonchev–Trinajstić information content (AvgIpc) is 2.94. The molecule has 0 spiro atoms. The van der Waals surface area contributed by atoms with Crippen LogP contribution >= 0.6 is 0 Å². The van der Waals surface area contributed by atoms with Crippen molar-refractivity contribution in [2.24, 2.45) is 0 Å². The van der Waals surface area contributed by atoms with Crippen LogP contribution in [0.25, 0.3) is 0 Å². The van der Waals surface area contributed by atoms with Gasteiger partial charge in [-0.1, -0.05) is 30.3 Å². The van der Waals surface area contributed by atoms with Crippen LogP contribution in [0.4, 0.5) is 10.5 Å². The second-order valence-corrected chi connectivity index (χ2v) is 10.1. The lowest BCUT2D eigenvalue weighted by Gasteiger charge is -2.23. The van der Waals surface area contributed by atoms with Gasteiger partial charge < -0.3 is 30.2 Å². The number of ether oxygens (including phenoxy) is 3. The van der Waals surface area contributed by atoms with Gasteiger partial charge in [-0.25, -0.2) is 9.59 Å². The van der Waals surface area contributed by atoms with E-state index in [0.717, 1.165) is 5.56 Å². The Morgan fingerprint density at radius 3 is 2.07 bits per heavy atom. The van der Waals surface area contributed by atoms with E-state index in [2.05, 4.69) is 20.7 Å². The summed E-state index contributed by atoms with van der Waals surface area (Å²) < 4.78 is 15.7. The summed E-state index contributed by atoms with van der Waals surface area (Å²) in [5.74, 6) is 0.0423. The maximum absolute atomic E-state index is 13.0. The monoisotopic (exact) mass is 561 g/mol. The molecule has 216 valence electrons. The third kappa shape index (κ3) is 10.7. The van der Waals surface area contributed by atoms with Gasteiger partial charge in [-0.2, -0.15) is 0 Å². The summed E-state index contributed by atoms with van der Waals surface area (Å²) >= 11 is 0. The quantitative estimate of drug-likeness (QED) is 0.274. The summed E-state index contributed by atoms with van der Waals surface area (Å²) in [5.41, 5.74) is 0.920. The van der Waals surface area contributed by atoms with Crippen molar-refractivity contribution in [3.63, 3.8) is 0 Å². The first-order valence-corrected chi connectivity index (χ1v) is 13.1. The molecule has 10 heteroatoms. The number of carbonyl (C=O) groups excluding carboxylic acids is 4. The van der Waals surface area contributed by atoms with Crippen molar-refractivity contribution in [1.29, 1.82) is 0 Å². The summed E-state index contributed by atoms with van der Waals surface area (Å²) in [5, 5.41) is 8.11. The molecule has 0 saturated carbocycles. The summed E-state index contributed by atoms with van der Waals surface area (Å²) in [7, 11) is 1.30. The van der Waals surface area contributed by atoms with E-state index in [1.165, 1.54) is 7.11 Å². The molecular weight excluding hydrogens is 526 g/mol. The topological polar surface area (TPSA) is 132 Å². The lowest BCUT2D eigenvalue weighted by Crippen LogP contribution is -2.48. The van der Waals surface area contributed by atoms with E-state index in [9.17, 15) is 19.2 Å². The van der Waals surface area contributed by atoms with Crippen molar-refractivity contribution < 1.29 is 33.4 Å². The van der Waals surface area contributed by atoms with Gasteiger partial charge in [0.1, 0.15) is 23.1 Å². The molecule has 0 aliphatic rings. The smallest absolute Gasteiger partial charge is 0.408 e. The minimum atomic E-state index is -1.02. The van der Waals surface area contributed by atoms with Crippen molar-refractivity contribution in [3.8, 4) is 11.5 Å². The number of amides is 3. The molecule has 0 bridgehead atoms. The van der Waals surface area contributed by atoms with Gasteiger partial charge in [0, 0.05) is 18.7 Å². The van der Waals surface area contributed by atoms with Gasteiger partial charge in [-0.3, -0.25) is 9.59 Å². The zero-order valence-corrected chi connectivity index (χ0v) is 23.6. The Balaban J connectivity index is 1.57. The van der Waals surface area contributed by atoms with Crippen LogP contribution in [0.3, 0.4) is 0 Å². The second-order valence-electron chi connectivity index (χ2n) is 10.1. The highest BCUT2D eigenvalue weighted by Gasteiger charge is 2.25. The molecule has 0 saturated heterocycles. The summed E-state index contributed by atoms with van der Waals surface area (Å²) in [6, 6.07) is 21.8. The first kappa shape index (κ1) is 30.7. The van der Waals surface area contributed by atoms with Crippen LogP contribution in [0.2, 0.25) is 0 Å². The molecule has 3 aromatic rings. The van der Waals surface area contributed by atoms with Crippen molar-refractivity contribution in [1.82, 2.24) is 10.6 Å². The largest absolute Gasteiger partial charge is 0.465 e. The molecule has 0 aliphatic heterocycles. The number of methoxy groups -OCH3 is 1. The average molecular weight is 562 g/mol. The fraction of sp³-hybridized carbons (Fsp3) is 0.290. The molecule has 3 rings (SSSR count). The zero-order valence-electron chi connectivity index (χ0n) is 23.6. The van der Waals surface area contributed by atoms with E-state index in [1.54, 1.807) is 69.3 Å². The van der Waals surface area contributed by atoms with Crippen molar-refractivity contribution >= 4 is 29.6 Å². The number of hydrogen-bond donors (Lipinski definition) is 3.